The number of nitrogens with one attached hydrogen (secondary N) is 1. The van der Waals surface area contributed by atoms with Gasteiger partial charge in [-0.25, -0.2) is 0 Å². The Hall–Kier alpha value is -3.27. The molecule has 4 rings (SSSR count). The molecule has 2 aromatic heterocycles. The molecule has 1 fully saturated rings. The fraction of sp³-hybridized carbons (Fsp3) is 0.435. The highest BCUT2D eigenvalue weighted by Gasteiger charge is 2.57. The number of furan rings is 1. The van der Waals surface area contributed by atoms with Crippen LogP contribution in [0.25, 0.3) is 0 Å². The molecule has 0 spiro atoms. The molecule has 1 aliphatic rings. The fourth-order valence-corrected chi connectivity index (χ4v) is 5.60. The molecule has 206 valence electrons. The van der Waals surface area contributed by atoms with Crippen molar-refractivity contribution in [3.05, 3.63) is 64.9 Å². The molecule has 0 aliphatic carbocycles. The van der Waals surface area contributed by atoms with Crippen LogP contribution in [0.3, 0.4) is 0 Å². The average Bonchev–Trinajstić information content (AvgIpc) is 3.60. The molecule has 0 amide bonds. The van der Waals surface area contributed by atoms with Gasteiger partial charge < -0.3 is 15.5 Å². The van der Waals surface area contributed by atoms with Gasteiger partial charge in [-0.1, -0.05) is 24.3 Å². The number of halogens is 3. The van der Waals surface area contributed by atoms with Crippen LogP contribution in [-0.4, -0.2) is 70.6 Å². The van der Waals surface area contributed by atoms with Crippen molar-refractivity contribution >= 4 is 22.1 Å². The monoisotopic (exact) mass is 555 g/mol. The maximum atomic E-state index is 14.2. The van der Waals surface area contributed by atoms with E-state index in [-0.39, 0.29) is 36.8 Å². The Morgan fingerprint density at radius 1 is 1.24 bits per heavy atom. The Kier molecular flexibility index (Phi) is 7.65. The minimum absolute atomic E-state index is 0.0819. The van der Waals surface area contributed by atoms with Gasteiger partial charge >= 0.3 is 6.18 Å². The summed E-state index contributed by atoms with van der Waals surface area (Å²) in [6.45, 7) is 1.82. The standard InChI is InChI=1S/C23H28F3N7O4S/c1-14-10-17(13-37-14)21(34)33-22(28-12-16-6-4-15(11-27)5-7-16)29-20(30-33)18-8-9-32(19(18)23(24,25)26)38(35,36)31(2)3/h4-7,10,13,18-19H,8-9,11-12,27H2,1-3H3,(H,28,29,30). The molecule has 1 aliphatic heterocycles. The van der Waals surface area contributed by atoms with E-state index < -0.39 is 34.3 Å². The maximum Gasteiger partial charge on any atom is 0.405 e. The summed E-state index contributed by atoms with van der Waals surface area (Å²) in [4.78, 5) is 17.5. The highest BCUT2D eigenvalue weighted by molar-refractivity contribution is 7.86. The van der Waals surface area contributed by atoms with Crippen LogP contribution < -0.4 is 11.1 Å². The van der Waals surface area contributed by atoms with Gasteiger partial charge in [0.2, 0.25) is 5.95 Å². The van der Waals surface area contributed by atoms with Crippen molar-refractivity contribution in [3.63, 3.8) is 0 Å². The summed E-state index contributed by atoms with van der Waals surface area (Å²) in [7, 11) is -2.05. The zero-order valence-corrected chi connectivity index (χ0v) is 21.8. The van der Waals surface area contributed by atoms with Crippen molar-refractivity contribution in [2.75, 3.05) is 26.0 Å². The van der Waals surface area contributed by atoms with Gasteiger partial charge in [0, 0.05) is 39.6 Å². The molecule has 1 saturated heterocycles. The van der Waals surface area contributed by atoms with Crippen LogP contribution >= 0.6 is 0 Å². The predicted molar refractivity (Wildman–Crippen MR) is 131 cm³/mol. The normalized spacial score (nSPS) is 18.8. The third kappa shape index (κ3) is 5.45. The van der Waals surface area contributed by atoms with E-state index >= 15 is 0 Å². The number of alkyl halides is 3. The molecule has 2 unspecified atom stereocenters. The summed E-state index contributed by atoms with van der Waals surface area (Å²) in [5.41, 5.74) is 7.48. The molecule has 11 nitrogen and oxygen atoms in total. The zero-order chi connectivity index (χ0) is 27.8. The zero-order valence-electron chi connectivity index (χ0n) is 20.9. The van der Waals surface area contributed by atoms with Crippen molar-refractivity contribution in [3.8, 4) is 0 Å². The van der Waals surface area contributed by atoms with E-state index in [2.05, 4.69) is 15.4 Å². The first-order valence-electron chi connectivity index (χ1n) is 11.7. The predicted octanol–water partition coefficient (Wildman–Crippen LogP) is 2.47. The van der Waals surface area contributed by atoms with Crippen LogP contribution in [0.2, 0.25) is 0 Å². The Balaban J connectivity index is 1.71. The van der Waals surface area contributed by atoms with E-state index in [1.54, 1.807) is 6.92 Å². The van der Waals surface area contributed by atoms with Crippen molar-refractivity contribution in [1.82, 2.24) is 23.4 Å². The Labute approximate surface area is 217 Å². The van der Waals surface area contributed by atoms with Crippen molar-refractivity contribution in [2.24, 2.45) is 5.73 Å². The SMILES string of the molecule is Cc1cc(C(=O)n2nc(C3CCN(S(=O)(=O)N(C)C)C3C(F)(F)F)nc2NCc2ccc(CN)cc2)co1. The molecule has 15 heteroatoms. The van der Waals surface area contributed by atoms with Crippen LogP contribution in [0.5, 0.6) is 0 Å². The van der Waals surface area contributed by atoms with Crippen LogP contribution in [-0.2, 0) is 23.3 Å². The van der Waals surface area contributed by atoms with Crippen LogP contribution in [0.4, 0.5) is 19.1 Å². The molecule has 38 heavy (non-hydrogen) atoms. The summed E-state index contributed by atoms with van der Waals surface area (Å²) >= 11 is 0. The van der Waals surface area contributed by atoms with E-state index in [9.17, 15) is 26.4 Å². The highest BCUT2D eigenvalue weighted by atomic mass is 32.2. The van der Waals surface area contributed by atoms with E-state index in [1.807, 2.05) is 24.3 Å². The largest absolute Gasteiger partial charge is 0.469 e. The molecule has 0 radical (unpaired) electrons. The smallest absolute Gasteiger partial charge is 0.405 e. The second-order valence-corrected chi connectivity index (χ2v) is 11.2. The minimum atomic E-state index is -4.90. The number of aryl methyl sites for hydroxylation is 1. The van der Waals surface area contributed by atoms with E-state index in [0.717, 1.165) is 34.2 Å². The number of hydrogen-bond acceptors (Lipinski definition) is 8. The maximum absolute atomic E-state index is 14.2. The highest BCUT2D eigenvalue weighted by Crippen LogP contribution is 2.43. The van der Waals surface area contributed by atoms with E-state index in [0.29, 0.717) is 16.6 Å². The lowest BCUT2D eigenvalue weighted by molar-refractivity contribution is -0.169. The van der Waals surface area contributed by atoms with E-state index in [1.165, 1.54) is 12.3 Å². The van der Waals surface area contributed by atoms with Crippen LogP contribution in [0, 0.1) is 6.92 Å². The second-order valence-electron chi connectivity index (χ2n) is 9.11. The van der Waals surface area contributed by atoms with Gasteiger partial charge in [0.15, 0.2) is 5.82 Å². The van der Waals surface area contributed by atoms with Gasteiger partial charge in [0.05, 0.1) is 5.56 Å². The van der Waals surface area contributed by atoms with Gasteiger partial charge in [-0.05, 0) is 30.5 Å². The average molecular weight is 556 g/mol. The number of nitrogens with two attached hydrogens (primary N) is 1. The minimum Gasteiger partial charge on any atom is -0.469 e. The van der Waals surface area contributed by atoms with Crippen molar-refractivity contribution in [2.45, 2.75) is 44.6 Å². The van der Waals surface area contributed by atoms with Gasteiger partial charge in [-0.15, -0.1) is 5.10 Å². The Bertz CT molecular complexity index is 1400. The number of aromatic nitrogens is 3. The van der Waals surface area contributed by atoms with Gasteiger partial charge in [-0.2, -0.15) is 39.9 Å². The number of hydrogen-bond donors (Lipinski definition) is 2. The first-order valence-corrected chi connectivity index (χ1v) is 13.1. The first-order chi connectivity index (χ1) is 17.8. The second kappa shape index (κ2) is 10.5. The quantitative estimate of drug-likeness (QED) is 0.432. The lowest BCUT2D eigenvalue weighted by Crippen LogP contribution is -2.50. The topological polar surface area (TPSA) is 140 Å². The lowest BCUT2D eigenvalue weighted by Gasteiger charge is -2.30. The first kappa shape index (κ1) is 27.8. The number of carbonyl (C=O) groups excluding carboxylic acids is 1. The lowest BCUT2D eigenvalue weighted by atomic mass is 10.00. The molecule has 0 bridgehead atoms. The summed E-state index contributed by atoms with van der Waals surface area (Å²) in [6, 6.07) is 6.38. The molecular formula is C23H28F3N7O4S. The summed E-state index contributed by atoms with van der Waals surface area (Å²) in [5.74, 6) is -2.00. The summed E-state index contributed by atoms with van der Waals surface area (Å²) < 4.78 is 75.2. The summed E-state index contributed by atoms with van der Waals surface area (Å²) in [6.07, 6.45) is -3.87. The van der Waals surface area contributed by atoms with E-state index in [4.69, 9.17) is 10.2 Å². The number of nitrogens with zero attached hydrogens (tertiary/aromatic N) is 5. The molecular weight excluding hydrogens is 527 g/mol. The van der Waals surface area contributed by atoms with Crippen molar-refractivity contribution in [1.29, 1.82) is 0 Å². The fourth-order valence-electron chi connectivity index (χ4n) is 4.29. The molecule has 3 N–H and O–H groups in total. The van der Waals surface area contributed by atoms with Crippen molar-refractivity contribution < 1.29 is 30.8 Å². The van der Waals surface area contributed by atoms with Gasteiger partial charge in [-0.3, -0.25) is 4.79 Å². The number of anilines is 1. The molecule has 2 atom stereocenters. The number of carbonyl (C=O) groups is 1. The number of benzene rings is 1. The van der Waals surface area contributed by atoms with Gasteiger partial charge in [0.1, 0.15) is 18.1 Å². The third-order valence-electron chi connectivity index (χ3n) is 6.28. The molecule has 3 aromatic rings. The Morgan fingerprint density at radius 3 is 2.45 bits per heavy atom. The molecule has 1 aromatic carbocycles. The number of rotatable bonds is 8. The molecule has 3 heterocycles. The Morgan fingerprint density at radius 2 is 1.89 bits per heavy atom. The van der Waals surface area contributed by atoms with Crippen LogP contribution in [0.1, 0.15) is 45.4 Å². The third-order valence-corrected chi connectivity index (χ3v) is 8.20. The molecule has 0 saturated carbocycles. The summed E-state index contributed by atoms with van der Waals surface area (Å²) in [5, 5.41) is 7.11. The van der Waals surface area contributed by atoms with Crippen LogP contribution in [0.15, 0.2) is 41.0 Å². The van der Waals surface area contributed by atoms with Gasteiger partial charge in [0.25, 0.3) is 16.1 Å².